The number of aromatic nitrogens is 1. The first-order valence-corrected chi connectivity index (χ1v) is 2.55. The molecular formula is C6H6FNO. The lowest BCUT2D eigenvalue weighted by atomic mass is 10.3. The molecule has 0 saturated carbocycles. The van der Waals surface area contributed by atoms with Gasteiger partial charge in [0.15, 0.2) is 0 Å². The van der Waals surface area contributed by atoms with Crippen molar-refractivity contribution in [1.82, 2.24) is 4.79 Å². The molecule has 1 heterocycles. The Hall–Kier alpha value is -1.12. The van der Waals surface area contributed by atoms with Crippen LogP contribution in [0.25, 0.3) is 0 Å². The van der Waals surface area contributed by atoms with E-state index < -0.39 is 5.56 Å². The zero-order valence-corrected chi connectivity index (χ0v) is 4.97. The largest absolute Gasteiger partial charge is 0.278 e. The fraction of sp³-hybridized carbons (Fsp3) is 0.167. The monoisotopic (exact) mass is 127 g/mol. The first-order valence-electron chi connectivity index (χ1n) is 2.55. The highest BCUT2D eigenvalue weighted by Crippen LogP contribution is 1.88. The van der Waals surface area contributed by atoms with Crippen molar-refractivity contribution in [3.05, 3.63) is 34.2 Å². The van der Waals surface area contributed by atoms with E-state index in [1.807, 2.05) is 0 Å². The molecule has 1 rings (SSSR count). The summed E-state index contributed by atoms with van der Waals surface area (Å²) in [5, 5.41) is 0. The van der Waals surface area contributed by atoms with Crippen LogP contribution in [0, 0.1) is 6.92 Å². The van der Waals surface area contributed by atoms with Gasteiger partial charge in [-0.05, 0) is 18.6 Å². The van der Waals surface area contributed by atoms with Crippen LogP contribution in [-0.2, 0) is 0 Å². The molecule has 0 radical (unpaired) electrons. The maximum absolute atomic E-state index is 12.1. The van der Waals surface area contributed by atoms with Crippen molar-refractivity contribution in [3.8, 4) is 0 Å². The summed E-state index contributed by atoms with van der Waals surface area (Å²) < 4.78 is 12.1. The summed E-state index contributed by atoms with van der Waals surface area (Å²) in [5.41, 5.74) is 0.156. The van der Waals surface area contributed by atoms with Crippen LogP contribution >= 0.6 is 0 Å². The standard InChI is InChI=1S/C6H6FNO/c1-5-2-3-8(7)6(9)4-5/h2-4H,1H3. The van der Waals surface area contributed by atoms with Crippen LogP contribution < -0.4 is 5.56 Å². The quantitative estimate of drug-likeness (QED) is 0.507. The third kappa shape index (κ3) is 1.16. The summed E-state index contributed by atoms with van der Waals surface area (Å²) in [7, 11) is 0. The third-order valence-electron chi connectivity index (χ3n) is 1.03. The Bertz CT molecular complexity index is 266. The van der Waals surface area contributed by atoms with Gasteiger partial charge in [0.1, 0.15) is 0 Å². The van der Waals surface area contributed by atoms with Gasteiger partial charge in [-0.2, -0.15) is 0 Å². The van der Waals surface area contributed by atoms with Gasteiger partial charge in [-0.15, -0.1) is 4.79 Å². The molecule has 0 amide bonds. The van der Waals surface area contributed by atoms with Crippen LogP contribution in [-0.4, -0.2) is 4.79 Å². The number of pyridine rings is 1. The van der Waals surface area contributed by atoms with Gasteiger partial charge in [0.25, 0.3) is 5.56 Å². The number of aryl methyl sites for hydroxylation is 1. The van der Waals surface area contributed by atoms with E-state index in [2.05, 4.69) is 0 Å². The minimum atomic E-state index is -0.616. The summed E-state index contributed by atoms with van der Waals surface area (Å²) in [4.78, 5) is 10.5. The van der Waals surface area contributed by atoms with Gasteiger partial charge in [-0.3, -0.25) is 4.79 Å². The van der Waals surface area contributed by atoms with Gasteiger partial charge in [0.2, 0.25) is 0 Å². The van der Waals surface area contributed by atoms with E-state index in [0.29, 0.717) is 0 Å². The molecule has 0 bridgehead atoms. The predicted octanol–water partition coefficient (Wildman–Crippen LogP) is 0.889. The van der Waals surface area contributed by atoms with Crippen LogP contribution in [0.4, 0.5) is 4.48 Å². The molecule has 0 atom stereocenters. The molecule has 1 aromatic heterocycles. The smallest absolute Gasteiger partial charge is 0.267 e. The van der Waals surface area contributed by atoms with Crippen molar-refractivity contribution in [2.75, 3.05) is 0 Å². The Kier molecular flexibility index (Phi) is 1.34. The van der Waals surface area contributed by atoms with E-state index in [0.717, 1.165) is 11.8 Å². The number of halogens is 1. The molecule has 0 aromatic carbocycles. The van der Waals surface area contributed by atoms with Crippen LogP contribution in [0.15, 0.2) is 23.1 Å². The molecule has 0 aliphatic heterocycles. The van der Waals surface area contributed by atoms with Crippen LogP contribution in [0.3, 0.4) is 0 Å². The number of hydrogen-bond donors (Lipinski definition) is 0. The highest BCUT2D eigenvalue weighted by Gasteiger charge is 1.89. The normalized spacial score (nSPS) is 9.56. The van der Waals surface area contributed by atoms with E-state index in [1.54, 1.807) is 6.92 Å². The van der Waals surface area contributed by atoms with Gasteiger partial charge in [-0.25, -0.2) is 0 Å². The van der Waals surface area contributed by atoms with E-state index in [1.165, 1.54) is 12.1 Å². The Balaban J connectivity index is 3.34. The van der Waals surface area contributed by atoms with Gasteiger partial charge in [-0.1, -0.05) is 4.48 Å². The van der Waals surface area contributed by atoms with Crippen LogP contribution in [0.1, 0.15) is 5.56 Å². The van der Waals surface area contributed by atoms with Crippen molar-refractivity contribution in [2.24, 2.45) is 0 Å². The topological polar surface area (TPSA) is 22.0 Å². The number of rotatable bonds is 0. The first kappa shape index (κ1) is 6.01. The molecule has 9 heavy (non-hydrogen) atoms. The first-order chi connectivity index (χ1) is 4.20. The molecule has 2 nitrogen and oxygen atoms in total. The Morgan fingerprint density at radius 1 is 1.67 bits per heavy atom. The highest BCUT2D eigenvalue weighted by atomic mass is 19.2. The van der Waals surface area contributed by atoms with Crippen molar-refractivity contribution in [3.63, 3.8) is 0 Å². The maximum atomic E-state index is 12.1. The number of nitrogens with zero attached hydrogens (tertiary/aromatic N) is 1. The molecule has 0 aliphatic rings. The van der Waals surface area contributed by atoms with Crippen LogP contribution in [0.2, 0.25) is 0 Å². The number of hydrogen-bond acceptors (Lipinski definition) is 1. The maximum Gasteiger partial charge on any atom is 0.278 e. The zero-order chi connectivity index (χ0) is 6.85. The van der Waals surface area contributed by atoms with Gasteiger partial charge >= 0.3 is 0 Å². The minimum Gasteiger partial charge on any atom is -0.267 e. The molecule has 0 fully saturated rings. The molecular weight excluding hydrogens is 121 g/mol. The molecule has 1 aromatic rings. The molecule has 0 aliphatic carbocycles. The highest BCUT2D eigenvalue weighted by molar-refractivity contribution is 5.06. The van der Waals surface area contributed by atoms with E-state index in [4.69, 9.17) is 0 Å². The van der Waals surface area contributed by atoms with E-state index >= 15 is 0 Å². The SMILES string of the molecule is Cc1ccn(F)c(=O)c1. The summed E-state index contributed by atoms with van der Waals surface area (Å²) in [6.07, 6.45) is 1.09. The second kappa shape index (κ2) is 2.01. The molecule has 0 spiro atoms. The lowest BCUT2D eigenvalue weighted by Crippen LogP contribution is -2.10. The summed E-state index contributed by atoms with van der Waals surface area (Å²) >= 11 is 0. The summed E-state index contributed by atoms with van der Waals surface area (Å²) in [6.45, 7) is 1.74. The average molecular weight is 127 g/mol. The minimum absolute atomic E-state index is 0.0486. The van der Waals surface area contributed by atoms with Crippen molar-refractivity contribution >= 4 is 0 Å². The van der Waals surface area contributed by atoms with Crippen LogP contribution in [0.5, 0.6) is 0 Å². The van der Waals surface area contributed by atoms with E-state index in [-0.39, 0.29) is 4.79 Å². The predicted molar refractivity (Wildman–Crippen MR) is 31.9 cm³/mol. The Labute approximate surface area is 51.5 Å². The fourth-order valence-corrected chi connectivity index (χ4v) is 0.561. The van der Waals surface area contributed by atoms with Crippen molar-refractivity contribution in [1.29, 1.82) is 0 Å². The van der Waals surface area contributed by atoms with Gasteiger partial charge in [0, 0.05) is 12.3 Å². The van der Waals surface area contributed by atoms with Crippen molar-refractivity contribution < 1.29 is 4.48 Å². The Morgan fingerprint density at radius 2 is 2.33 bits per heavy atom. The van der Waals surface area contributed by atoms with Gasteiger partial charge in [0.05, 0.1) is 0 Å². The lowest BCUT2D eigenvalue weighted by molar-refractivity contribution is 0.352. The molecule has 0 saturated heterocycles. The Morgan fingerprint density at radius 3 is 2.78 bits per heavy atom. The summed E-state index contributed by atoms with van der Waals surface area (Å²) in [5.74, 6) is 0. The molecule has 0 N–H and O–H groups in total. The van der Waals surface area contributed by atoms with Crippen molar-refractivity contribution in [2.45, 2.75) is 6.92 Å². The third-order valence-corrected chi connectivity index (χ3v) is 1.03. The second-order valence-corrected chi connectivity index (χ2v) is 1.85. The lowest BCUT2D eigenvalue weighted by Gasteiger charge is -1.89. The fourth-order valence-electron chi connectivity index (χ4n) is 0.561. The van der Waals surface area contributed by atoms with Gasteiger partial charge < -0.3 is 0 Å². The molecule has 3 heteroatoms. The zero-order valence-electron chi connectivity index (χ0n) is 4.97. The summed E-state index contributed by atoms with van der Waals surface area (Å²) in [6, 6.07) is 2.77. The average Bonchev–Trinajstić information content (AvgIpc) is 1.80. The second-order valence-electron chi connectivity index (χ2n) is 1.85. The molecule has 48 valence electrons. The molecule has 0 unspecified atom stereocenters. The van der Waals surface area contributed by atoms with E-state index in [9.17, 15) is 9.28 Å².